The highest BCUT2D eigenvalue weighted by atomic mass is 35.5. The molecular formula is C22H22Cl2N2O4. The summed E-state index contributed by atoms with van der Waals surface area (Å²) >= 11 is 12.6. The maximum absolute atomic E-state index is 12.9. The minimum atomic E-state index is -0.824. The Morgan fingerprint density at radius 2 is 1.93 bits per heavy atom. The number of urea groups is 1. The summed E-state index contributed by atoms with van der Waals surface area (Å²) in [5.41, 5.74) is 2.17. The molecule has 0 saturated carbocycles. The first-order chi connectivity index (χ1) is 14.3. The average Bonchev–Trinajstić information content (AvgIpc) is 2.71. The molecule has 0 fully saturated rings. The summed E-state index contributed by atoms with van der Waals surface area (Å²) in [6.45, 7) is 3.85. The number of rotatable bonds is 6. The van der Waals surface area contributed by atoms with E-state index in [9.17, 15) is 9.59 Å². The van der Waals surface area contributed by atoms with E-state index in [0.717, 1.165) is 5.56 Å². The van der Waals surface area contributed by atoms with Crippen LogP contribution >= 0.6 is 23.2 Å². The van der Waals surface area contributed by atoms with Crippen LogP contribution in [0.3, 0.4) is 0 Å². The third-order valence-corrected chi connectivity index (χ3v) is 5.56. The fourth-order valence-corrected chi connectivity index (χ4v) is 3.63. The van der Waals surface area contributed by atoms with Gasteiger partial charge in [-0.25, -0.2) is 9.59 Å². The number of hydrogen-bond acceptors (Lipinski definition) is 4. The number of esters is 1. The molecule has 1 aliphatic rings. The van der Waals surface area contributed by atoms with E-state index in [4.69, 9.17) is 32.7 Å². The van der Waals surface area contributed by atoms with Gasteiger partial charge < -0.3 is 14.8 Å². The molecular weight excluding hydrogens is 427 g/mol. The van der Waals surface area contributed by atoms with Crippen molar-refractivity contribution < 1.29 is 19.1 Å². The first kappa shape index (κ1) is 22.0. The predicted octanol–water partition coefficient (Wildman–Crippen LogP) is 4.89. The van der Waals surface area contributed by atoms with Crippen LogP contribution in [-0.2, 0) is 9.53 Å². The normalized spacial score (nSPS) is 16.4. The summed E-state index contributed by atoms with van der Waals surface area (Å²) in [6.07, 6.45) is 0. The Labute approximate surface area is 185 Å². The van der Waals surface area contributed by atoms with E-state index < -0.39 is 18.0 Å². The lowest BCUT2D eigenvalue weighted by Crippen LogP contribution is -2.48. The Morgan fingerprint density at radius 3 is 2.63 bits per heavy atom. The van der Waals surface area contributed by atoms with Gasteiger partial charge in [0.25, 0.3) is 0 Å². The largest absolute Gasteiger partial charge is 0.487 e. The minimum Gasteiger partial charge on any atom is -0.487 e. The van der Waals surface area contributed by atoms with Crippen molar-refractivity contribution in [3.63, 3.8) is 0 Å². The van der Waals surface area contributed by atoms with E-state index in [0.29, 0.717) is 22.0 Å². The summed E-state index contributed by atoms with van der Waals surface area (Å²) in [5, 5.41) is 3.39. The number of ether oxygens (including phenoxy) is 2. The molecule has 0 bridgehead atoms. The van der Waals surface area contributed by atoms with Crippen molar-refractivity contribution in [1.82, 2.24) is 10.2 Å². The number of nitrogens with one attached hydrogen (secondary N) is 1. The quantitative estimate of drug-likeness (QED) is 0.638. The molecule has 1 aliphatic heterocycles. The molecule has 0 saturated heterocycles. The maximum Gasteiger partial charge on any atom is 0.338 e. The molecule has 0 unspecified atom stereocenters. The van der Waals surface area contributed by atoms with Crippen LogP contribution in [0.25, 0.3) is 0 Å². The number of likely N-dealkylation sites (N-methyl/N-ethyl adjacent to an activating group) is 1. The molecule has 8 heteroatoms. The SMILES string of the molecule is CCOC(=O)C1=C(COc2cccc(C)c2)N(C)C(=O)N[C@H]1c1cccc(Cl)c1Cl. The molecule has 0 radical (unpaired) electrons. The van der Waals surface area contributed by atoms with Crippen LogP contribution < -0.4 is 10.1 Å². The highest BCUT2D eigenvalue weighted by Gasteiger charge is 2.38. The lowest BCUT2D eigenvalue weighted by molar-refractivity contribution is -0.139. The van der Waals surface area contributed by atoms with E-state index >= 15 is 0 Å². The second-order valence-corrected chi connectivity index (χ2v) is 7.56. The Hall–Kier alpha value is -2.70. The van der Waals surface area contributed by atoms with Gasteiger partial charge in [-0.2, -0.15) is 0 Å². The third-order valence-electron chi connectivity index (χ3n) is 4.73. The molecule has 6 nitrogen and oxygen atoms in total. The van der Waals surface area contributed by atoms with Crippen LogP contribution in [-0.4, -0.2) is 37.2 Å². The number of carbonyl (C=O) groups is 2. The van der Waals surface area contributed by atoms with Crippen LogP contribution in [0.15, 0.2) is 53.7 Å². The van der Waals surface area contributed by atoms with Crippen LogP contribution in [0.4, 0.5) is 4.79 Å². The highest BCUT2D eigenvalue weighted by molar-refractivity contribution is 6.42. The van der Waals surface area contributed by atoms with Gasteiger partial charge in [-0.3, -0.25) is 4.90 Å². The van der Waals surface area contributed by atoms with E-state index in [1.807, 2.05) is 31.2 Å². The Morgan fingerprint density at radius 1 is 1.20 bits per heavy atom. The average molecular weight is 449 g/mol. The van der Waals surface area contributed by atoms with Crippen molar-refractivity contribution in [2.75, 3.05) is 20.3 Å². The zero-order valence-electron chi connectivity index (χ0n) is 16.9. The number of amides is 2. The van der Waals surface area contributed by atoms with E-state index in [1.165, 1.54) is 4.90 Å². The smallest absolute Gasteiger partial charge is 0.338 e. The Kier molecular flexibility index (Phi) is 6.90. The van der Waals surface area contributed by atoms with E-state index in [-0.39, 0.29) is 23.8 Å². The van der Waals surface area contributed by atoms with Gasteiger partial charge in [0.15, 0.2) is 0 Å². The van der Waals surface area contributed by atoms with Gasteiger partial charge in [0, 0.05) is 7.05 Å². The van der Waals surface area contributed by atoms with E-state index in [2.05, 4.69) is 5.32 Å². The van der Waals surface area contributed by atoms with E-state index in [1.54, 1.807) is 32.2 Å². The second kappa shape index (κ2) is 9.41. The number of carbonyl (C=O) groups excluding carboxylic acids is 2. The summed E-state index contributed by atoms with van der Waals surface area (Å²) in [5.74, 6) is 0.0654. The Balaban J connectivity index is 2.08. The lowest BCUT2D eigenvalue weighted by Gasteiger charge is -2.34. The molecule has 1 N–H and O–H groups in total. The van der Waals surface area contributed by atoms with Crippen LogP contribution in [0, 0.1) is 6.92 Å². The number of aryl methyl sites for hydroxylation is 1. The van der Waals surface area contributed by atoms with Crippen LogP contribution in [0.5, 0.6) is 5.75 Å². The predicted molar refractivity (Wildman–Crippen MR) is 116 cm³/mol. The fraction of sp³-hybridized carbons (Fsp3) is 0.273. The molecule has 1 heterocycles. The fourth-order valence-electron chi connectivity index (χ4n) is 3.21. The molecule has 2 amide bonds. The summed E-state index contributed by atoms with van der Waals surface area (Å²) in [6, 6.07) is 11.3. The first-order valence-corrected chi connectivity index (χ1v) is 10.2. The maximum atomic E-state index is 12.9. The first-order valence-electron chi connectivity index (χ1n) is 9.41. The lowest BCUT2D eigenvalue weighted by atomic mass is 9.94. The van der Waals surface area contributed by atoms with Crippen LogP contribution in [0.2, 0.25) is 10.0 Å². The van der Waals surface area contributed by atoms with Gasteiger partial charge in [-0.1, -0.05) is 47.5 Å². The summed E-state index contributed by atoms with van der Waals surface area (Å²) in [7, 11) is 1.57. The van der Waals surface area contributed by atoms with Gasteiger partial charge >= 0.3 is 12.0 Å². The number of nitrogens with zero attached hydrogens (tertiary/aromatic N) is 1. The van der Waals surface area contributed by atoms with Crippen molar-refractivity contribution >= 4 is 35.2 Å². The van der Waals surface area contributed by atoms with Crippen molar-refractivity contribution in [2.45, 2.75) is 19.9 Å². The molecule has 1 atom stereocenters. The molecule has 2 aromatic rings. The standard InChI is InChI=1S/C22H22Cl2N2O4/c1-4-29-21(27)18-17(12-30-14-8-5-7-13(2)11-14)26(3)22(28)25-20(18)15-9-6-10-16(23)19(15)24/h5-11,20H,4,12H2,1-3H3,(H,25,28)/t20-/m0/s1. The third kappa shape index (κ3) is 4.55. The van der Waals surface area contributed by atoms with Gasteiger partial charge in [0.1, 0.15) is 12.4 Å². The van der Waals surface area contributed by atoms with Gasteiger partial charge in [0.2, 0.25) is 0 Å². The summed E-state index contributed by atoms with van der Waals surface area (Å²) in [4.78, 5) is 26.9. The molecule has 158 valence electrons. The zero-order valence-corrected chi connectivity index (χ0v) is 18.4. The molecule has 0 spiro atoms. The number of halogens is 2. The van der Waals surface area contributed by atoms with Crippen molar-refractivity contribution in [2.24, 2.45) is 0 Å². The molecule has 0 aromatic heterocycles. The molecule has 0 aliphatic carbocycles. The highest BCUT2D eigenvalue weighted by Crippen LogP contribution is 2.37. The molecule has 3 rings (SSSR count). The van der Waals surface area contributed by atoms with Gasteiger partial charge in [0.05, 0.1) is 34.0 Å². The zero-order chi connectivity index (χ0) is 21.8. The minimum absolute atomic E-state index is 0.00376. The van der Waals surface area contributed by atoms with Crippen molar-refractivity contribution in [1.29, 1.82) is 0 Å². The van der Waals surface area contributed by atoms with Crippen molar-refractivity contribution in [3.05, 3.63) is 74.9 Å². The topological polar surface area (TPSA) is 67.9 Å². The molecule has 2 aromatic carbocycles. The van der Waals surface area contributed by atoms with Gasteiger partial charge in [-0.05, 0) is 43.2 Å². The monoisotopic (exact) mass is 448 g/mol. The molecule has 30 heavy (non-hydrogen) atoms. The van der Waals surface area contributed by atoms with Crippen LogP contribution in [0.1, 0.15) is 24.1 Å². The second-order valence-electron chi connectivity index (χ2n) is 6.77. The summed E-state index contributed by atoms with van der Waals surface area (Å²) < 4.78 is 11.2. The number of benzene rings is 2. The van der Waals surface area contributed by atoms with Gasteiger partial charge in [-0.15, -0.1) is 0 Å². The number of hydrogen-bond donors (Lipinski definition) is 1. The Bertz CT molecular complexity index is 1010. The van der Waals surface area contributed by atoms with Crippen molar-refractivity contribution in [3.8, 4) is 5.75 Å².